The monoisotopic (exact) mass is 337 g/mol. The van der Waals surface area contributed by atoms with E-state index in [0.29, 0.717) is 5.69 Å². The number of carbonyl (C=O) groups is 1. The third kappa shape index (κ3) is 2.32. The number of carbonyl (C=O) groups excluding carboxylic acids is 1. The lowest BCUT2D eigenvalue weighted by Crippen LogP contribution is -2.43. The van der Waals surface area contributed by atoms with Crippen molar-refractivity contribution in [3.05, 3.63) is 47.1 Å². The molecule has 8 heteroatoms. The lowest BCUT2D eigenvalue weighted by atomic mass is 10.2. The topological polar surface area (TPSA) is 79.4 Å². The smallest absolute Gasteiger partial charge is 0.267 e. The van der Waals surface area contributed by atoms with Crippen molar-refractivity contribution in [3.8, 4) is 0 Å². The highest BCUT2D eigenvalue weighted by Crippen LogP contribution is 2.35. The van der Waals surface area contributed by atoms with Gasteiger partial charge in [0.1, 0.15) is 11.4 Å². The fourth-order valence-corrected chi connectivity index (χ4v) is 4.13. The Hall–Kier alpha value is -2.12. The van der Waals surface area contributed by atoms with Crippen LogP contribution in [0.2, 0.25) is 5.02 Å². The number of nitrogens with zero attached hydrogens (tertiary/aromatic N) is 2. The number of aryl methyl sites for hydroxylation is 1. The van der Waals surface area contributed by atoms with E-state index in [1.165, 1.54) is 18.3 Å². The van der Waals surface area contributed by atoms with E-state index >= 15 is 0 Å². The van der Waals surface area contributed by atoms with E-state index in [0.717, 1.165) is 9.87 Å². The Morgan fingerprint density at radius 2 is 2.00 bits per heavy atom. The largest absolute Gasteiger partial charge is 0.321 e. The number of hydrogen-bond acceptors (Lipinski definition) is 4. The van der Waals surface area contributed by atoms with Crippen molar-refractivity contribution in [1.82, 2.24) is 4.98 Å². The molecule has 0 saturated carbocycles. The molecule has 0 spiro atoms. The average Bonchev–Trinajstić information content (AvgIpc) is 2.48. The molecule has 1 aromatic heterocycles. The maximum Gasteiger partial charge on any atom is 0.267 e. The number of sulfonamides is 1. The molecule has 0 fully saturated rings. The second kappa shape index (κ2) is 5.26. The summed E-state index contributed by atoms with van der Waals surface area (Å²) in [6.07, 6.45) is 1.50. The molecule has 0 saturated heterocycles. The van der Waals surface area contributed by atoms with Gasteiger partial charge < -0.3 is 5.32 Å². The lowest BCUT2D eigenvalue weighted by Gasteiger charge is -2.29. The maximum atomic E-state index is 12.8. The molecule has 1 amide bonds. The molecule has 0 atom stereocenters. The van der Waals surface area contributed by atoms with Gasteiger partial charge in [-0.25, -0.2) is 17.7 Å². The summed E-state index contributed by atoms with van der Waals surface area (Å²) in [4.78, 5) is 15.9. The zero-order valence-corrected chi connectivity index (χ0v) is 13.1. The standard InChI is InChI=1S/C14H12ClN3O3S/c1-9-6-7-16-14-13(9)17-12(19)8-18(14)22(20,21)11-5-3-2-4-10(11)15/h2-7H,8H2,1H3,(H,17,19). The van der Waals surface area contributed by atoms with Crippen molar-refractivity contribution >= 4 is 39.0 Å². The fraction of sp³-hybridized carbons (Fsp3) is 0.143. The van der Waals surface area contributed by atoms with Gasteiger partial charge in [0, 0.05) is 6.20 Å². The van der Waals surface area contributed by atoms with Crippen molar-refractivity contribution in [3.63, 3.8) is 0 Å². The third-order valence-electron chi connectivity index (χ3n) is 3.33. The highest BCUT2D eigenvalue weighted by atomic mass is 35.5. The highest BCUT2D eigenvalue weighted by Gasteiger charge is 2.35. The van der Waals surface area contributed by atoms with Gasteiger partial charge in [0.2, 0.25) is 5.91 Å². The molecule has 22 heavy (non-hydrogen) atoms. The number of hydrogen-bond donors (Lipinski definition) is 1. The number of nitrogens with one attached hydrogen (secondary N) is 1. The molecule has 0 aliphatic carbocycles. The van der Waals surface area contributed by atoms with E-state index in [-0.39, 0.29) is 22.3 Å². The Balaban J connectivity index is 2.19. The molecule has 0 unspecified atom stereocenters. The molecule has 6 nitrogen and oxygen atoms in total. The molecule has 2 aromatic rings. The molecule has 1 aromatic carbocycles. The van der Waals surface area contributed by atoms with E-state index in [2.05, 4.69) is 10.3 Å². The van der Waals surface area contributed by atoms with Crippen molar-refractivity contribution in [2.75, 3.05) is 16.2 Å². The van der Waals surface area contributed by atoms with Gasteiger partial charge in [0.15, 0.2) is 5.82 Å². The Morgan fingerprint density at radius 1 is 1.27 bits per heavy atom. The van der Waals surface area contributed by atoms with Crippen LogP contribution in [0, 0.1) is 6.92 Å². The second-order valence-electron chi connectivity index (χ2n) is 4.82. The summed E-state index contributed by atoms with van der Waals surface area (Å²) in [6, 6.07) is 7.81. The number of halogens is 1. The number of benzene rings is 1. The molecule has 114 valence electrons. The van der Waals surface area contributed by atoms with Gasteiger partial charge in [-0.3, -0.25) is 4.79 Å². The number of amides is 1. The Bertz CT molecular complexity index is 867. The number of fused-ring (bicyclic) bond motifs is 1. The molecular formula is C14H12ClN3O3S. The van der Waals surface area contributed by atoms with E-state index < -0.39 is 15.9 Å². The van der Waals surface area contributed by atoms with Gasteiger partial charge in [-0.2, -0.15) is 0 Å². The zero-order chi connectivity index (χ0) is 15.9. The average molecular weight is 338 g/mol. The van der Waals surface area contributed by atoms with Gasteiger partial charge in [-0.1, -0.05) is 23.7 Å². The van der Waals surface area contributed by atoms with Crippen LogP contribution in [0.1, 0.15) is 5.56 Å². The van der Waals surface area contributed by atoms with Gasteiger partial charge in [-0.15, -0.1) is 0 Å². The molecule has 0 radical (unpaired) electrons. The number of anilines is 2. The van der Waals surface area contributed by atoms with Crippen LogP contribution in [0.3, 0.4) is 0 Å². The molecular weight excluding hydrogens is 326 g/mol. The van der Waals surface area contributed by atoms with E-state index in [1.807, 2.05) is 0 Å². The first kappa shape index (κ1) is 14.8. The van der Waals surface area contributed by atoms with Crippen LogP contribution in [-0.4, -0.2) is 25.9 Å². The lowest BCUT2D eigenvalue weighted by molar-refractivity contribution is -0.115. The summed E-state index contributed by atoms with van der Waals surface area (Å²) in [5, 5.41) is 2.76. The molecule has 3 rings (SSSR count). The summed E-state index contributed by atoms with van der Waals surface area (Å²) < 4.78 is 26.7. The summed E-state index contributed by atoms with van der Waals surface area (Å²) in [5.74, 6) is -0.223. The first-order chi connectivity index (χ1) is 10.4. The van der Waals surface area contributed by atoms with E-state index in [1.54, 1.807) is 25.1 Å². The van der Waals surface area contributed by atoms with Crippen LogP contribution in [-0.2, 0) is 14.8 Å². The number of pyridine rings is 1. The first-order valence-electron chi connectivity index (χ1n) is 6.44. The minimum Gasteiger partial charge on any atom is -0.321 e. The normalized spacial score (nSPS) is 14.5. The minimum absolute atomic E-state index is 0.0550. The summed E-state index contributed by atoms with van der Waals surface area (Å²) in [7, 11) is -3.98. The first-order valence-corrected chi connectivity index (χ1v) is 8.26. The van der Waals surface area contributed by atoms with Gasteiger partial charge in [0.25, 0.3) is 10.0 Å². The minimum atomic E-state index is -3.98. The quantitative estimate of drug-likeness (QED) is 0.911. The van der Waals surface area contributed by atoms with Crippen LogP contribution in [0.5, 0.6) is 0 Å². The van der Waals surface area contributed by atoms with Crippen molar-refractivity contribution in [2.45, 2.75) is 11.8 Å². The predicted molar refractivity (Wildman–Crippen MR) is 83.6 cm³/mol. The molecule has 1 N–H and O–H groups in total. The number of rotatable bonds is 2. The van der Waals surface area contributed by atoms with Crippen LogP contribution in [0.15, 0.2) is 41.4 Å². The zero-order valence-electron chi connectivity index (χ0n) is 11.6. The molecule has 0 bridgehead atoms. The summed E-state index contributed by atoms with van der Waals surface area (Å²) in [6.45, 7) is 1.43. The van der Waals surface area contributed by atoms with Crippen LogP contribution in [0.25, 0.3) is 0 Å². The van der Waals surface area contributed by atoms with Gasteiger partial charge >= 0.3 is 0 Å². The maximum absolute atomic E-state index is 12.8. The fourth-order valence-electron chi connectivity index (χ4n) is 2.24. The second-order valence-corrected chi connectivity index (χ2v) is 7.05. The highest BCUT2D eigenvalue weighted by molar-refractivity contribution is 7.93. The van der Waals surface area contributed by atoms with Crippen LogP contribution < -0.4 is 9.62 Å². The Labute approximate surface area is 132 Å². The summed E-state index contributed by atoms with van der Waals surface area (Å²) >= 11 is 6.00. The summed E-state index contributed by atoms with van der Waals surface area (Å²) in [5.41, 5.74) is 1.13. The third-order valence-corrected chi connectivity index (χ3v) is 5.57. The van der Waals surface area contributed by atoms with E-state index in [4.69, 9.17) is 11.6 Å². The predicted octanol–water partition coefficient (Wildman–Crippen LogP) is 2.19. The Kier molecular flexibility index (Phi) is 3.54. The van der Waals surface area contributed by atoms with E-state index in [9.17, 15) is 13.2 Å². The number of aromatic nitrogens is 1. The molecule has 1 aliphatic rings. The van der Waals surface area contributed by atoms with Crippen molar-refractivity contribution in [2.24, 2.45) is 0 Å². The van der Waals surface area contributed by atoms with Gasteiger partial charge in [-0.05, 0) is 30.7 Å². The van der Waals surface area contributed by atoms with Crippen molar-refractivity contribution in [1.29, 1.82) is 0 Å². The SMILES string of the molecule is Cc1ccnc2c1NC(=O)CN2S(=O)(=O)c1ccccc1Cl. The van der Waals surface area contributed by atoms with Crippen LogP contribution in [0.4, 0.5) is 11.5 Å². The van der Waals surface area contributed by atoms with Crippen LogP contribution >= 0.6 is 11.6 Å². The molecule has 2 heterocycles. The Morgan fingerprint density at radius 3 is 2.73 bits per heavy atom. The molecule has 1 aliphatic heterocycles. The van der Waals surface area contributed by atoms with Crippen molar-refractivity contribution < 1.29 is 13.2 Å². The van der Waals surface area contributed by atoms with Gasteiger partial charge in [0.05, 0.1) is 10.7 Å².